The summed E-state index contributed by atoms with van der Waals surface area (Å²) in [4.78, 5) is 18.1. The van der Waals surface area contributed by atoms with Crippen LogP contribution in [-0.2, 0) is 13.2 Å². The van der Waals surface area contributed by atoms with Gasteiger partial charge in [-0.2, -0.15) is 4.98 Å². The van der Waals surface area contributed by atoms with Gasteiger partial charge in [-0.05, 0) is 31.0 Å². The standard InChI is InChI=1S/C16H18FN3O2/c1-11-7-8-20-15(19(11)2)9-14(18-16(20)21)22-10-12-3-5-13(17)6-4-12/h3-6,9,11H,7-8,10H2,1-2H3. The third-order valence-electron chi connectivity index (χ3n) is 4.06. The van der Waals surface area contributed by atoms with E-state index in [1.54, 1.807) is 22.8 Å². The minimum absolute atomic E-state index is 0.245. The second kappa shape index (κ2) is 5.79. The summed E-state index contributed by atoms with van der Waals surface area (Å²) in [6.07, 6.45) is 0.918. The third-order valence-corrected chi connectivity index (χ3v) is 4.06. The maximum absolute atomic E-state index is 12.9. The van der Waals surface area contributed by atoms with Gasteiger partial charge in [0.05, 0.1) is 0 Å². The van der Waals surface area contributed by atoms with E-state index in [1.165, 1.54) is 12.1 Å². The van der Waals surface area contributed by atoms with Crippen molar-refractivity contribution < 1.29 is 9.13 Å². The molecule has 0 radical (unpaired) electrons. The number of fused-ring (bicyclic) bond motifs is 1. The van der Waals surface area contributed by atoms with Gasteiger partial charge >= 0.3 is 5.69 Å². The lowest BCUT2D eigenvalue weighted by Gasteiger charge is -2.34. The van der Waals surface area contributed by atoms with Crippen molar-refractivity contribution in [3.63, 3.8) is 0 Å². The summed E-state index contributed by atoms with van der Waals surface area (Å²) in [5, 5.41) is 0. The first-order chi connectivity index (χ1) is 10.5. The maximum Gasteiger partial charge on any atom is 0.352 e. The number of hydrogen-bond donors (Lipinski definition) is 0. The Balaban J connectivity index is 1.82. The van der Waals surface area contributed by atoms with E-state index in [9.17, 15) is 9.18 Å². The molecule has 1 aromatic carbocycles. The van der Waals surface area contributed by atoms with Crippen molar-refractivity contribution in [1.29, 1.82) is 0 Å². The summed E-state index contributed by atoms with van der Waals surface area (Å²) >= 11 is 0. The molecule has 5 nitrogen and oxygen atoms in total. The Hall–Kier alpha value is -2.37. The monoisotopic (exact) mass is 303 g/mol. The number of rotatable bonds is 3. The Morgan fingerprint density at radius 3 is 2.82 bits per heavy atom. The lowest BCUT2D eigenvalue weighted by atomic mass is 10.1. The molecule has 2 heterocycles. The van der Waals surface area contributed by atoms with Gasteiger partial charge in [0.1, 0.15) is 18.2 Å². The highest BCUT2D eigenvalue weighted by Gasteiger charge is 2.22. The van der Waals surface area contributed by atoms with Crippen molar-refractivity contribution >= 4 is 5.82 Å². The van der Waals surface area contributed by atoms with E-state index in [0.29, 0.717) is 18.5 Å². The Morgan fingerprint density at radius 2 is 2.09 bits per heavy atom. The molecule has 3 rings (SSSR count). The topological polar surface area (TPSA) is 47.4 Å². The summed E-state index contributed by atoms with van der Waals surface area (Å²) in [7, 11) is 1.96. The molecule has 0 saturated heterocycles. The SMILES string of the molecule is CC1CCn2c(cc(OCc3ccc(F)cc3)nc2=O)N1C. The summed E-state index contributed by atoms with van der Waals surface area (Å²) in [5.41, 5.74) is 0.521. The summed E-state index contributed by atoms with van der Waals surface area (Å²) < 4.78 is 20.1. The van der Waals surface area contributed by atoms with Gasteiger partial charge in [-0.1, -0.05) is 12.1 Å². The zero-order valence-electron chi connectivity index (χ0n) is 12.6. The zero-order chi connectivity index (χ0) is 15.7. The molecule has 1 atom stereocenters. The van der Waals surface area contributed by atoms with Gasteiger partial charge in [-0.3, -0.25) is 4.57 Å². The largest absolute Gasteiger partial charge is 0.473 e. The van der Waals surface area contributed by atoms with Crippen LogP contribution >= 0.6 is 0 Å². The number of benzene rings is 1. The van der Waals surface area contributed by atoms with Crippen LogP contribution in [-0.4, -0.2) is 22.6 Å². The van der Waals surface area contributed by atoms with Crippen LogP contribution < -0.4 is 15.3 Å². The number of ether oxygens (including phenoxy) is 1. The first kappa shape index (κ1) is 14.6. The fourth-order valence-corrected chi connectivity index (χ4v) is 2.52. The fourth-order valence-electron chi connectivity index (χ4n) is 2.52. The van der Waals surface area contributed by atoms with Crippen molar-refractivity contribution in [2.45, 2.75) is 32.5 Å². The molecule has 116 valence electrons. The highest BCUT2D eigenvalue weighted by Crippen LogP contribution is 2.24. The predicted octanol–water partition coefficient (Wildman–Crippen LogP) is 2.19. The van der Waals surface area contributed by atoms with Crippen molar-refractivity contribution in [2.24, 2.45) is 0 Å². The molecular formula is C16H18FN3O2. The van der Waals surface area contributed by atoms with E-state index < -0.39 is 0 Å². The molecular weight excluding hydrogens is 285 g/mol. The average Bonchev–Trinajstić information content (AvgIpc) is 2.51. The van der Waals surface area contributed by atoms with Crippen molar-refractivity contribution in [3.05, 3.63) is 52.2 Å². The molecule has 2 aromatic rings. The molecule has 6 heteroatoms. The second-order valence-electron chi connectivity index (χ2n) is 5.55. The normalized spacial score (nSPS) is 17.2. The average molecular weight is 303 g/mol. The molecule has 0 spiro atoms. The first-order valence-corrected chi connectivity index (χ1v) is 7.26. The minimum Gasteiger partial charge on any atom is -0.473 e. The molecule has 0 bridgehead atoms. The Morgan fingerprint density at radius 1 is 1.36 bits per heavy atom. The van der Waals surface area contributed by atoms with Crippen LogP contribution in [0, 0.1) is 5.82 Å². The van der Waals surface area contributed by atoms with Gasteiger partial charge in [-0.25, -0.2) is 9.18 Å². The van der Waals surface area contributed by atoms with E-state index >= 15 is 0 Å². The number of halogens is 1. The predicted molar refractivity (Wildman–Crippen MR) is 81.7 cm³/mol. The van der Waals surface area contributed by atoms with E-state index in [0.717, 1.165) is 17.8 Å². The number of hydrogen-bond acceptors (Lipinski definition) is 4. The molecule has 1 unspecified atom stereocenters. The zero-order valence-corrected chi connectivity index (χ0v) is 12.6. The number of anilines is 1. The Kier molecular flexibility index (Phi) is 3.83. The Labute approximate surface area is 128 Å². The summed E-state index contributed by atoms with van der Waals surface area (Å²) in [6.45, 7) is 3.04. The summed E-state index contributed by atoms with van der Waals surface area (Å²) in [5.74, 6) is 0.818. The fraction of sp³-hybridized carbons (Fsp3) is 0.375. The van der Waals surface area contributed by atoms with E-state index in [4.69, 9.17) is 4.74 Å². The van der Waals surface area contributed by atoms with Crippen LogP contribution in [0.25, 0.3) is 0 Å². The van der Waals surface area contributed by atoms with Crippen LogP contribution in [0.5, 0.6) is 5.88 Å². The van der Waals surface area contributed by atoms with E-state index in [-0.39, 0.29) is 18.1 Å². The molecule has 1 aliphatic rings. The number of aromatic nitrogens is 2. The van der Waals surface area contributed by atoms with Crippen molar-refractivity contribution in [1.82, 2.24) is 9.55 Å². The van der Waals surface area contributed by atoms with Crippen molar-refractivity contribution in [2.75, 3.05) is 11.9 Å². The Bertz CT molecular complexity index is 727. The van der Waals surface area contributed by atoms with Crippen LogP contribution in [0.2, 0.25) is 0 Å². The van der Waals surface area contributed by atoms with E-state index in [2.05, 4.69) is 16.8 Å². The molecule has 0 N–H and O–H groups in total. The molecule has 22 heavy (non-hydrogen) atoms. The summed E-state index contributed by atoms with van der Waals surface area (Å²) in [6, 6.07) is 8.20. The van der Waals surface area contributed by atoms with Gasteiger partial charge in [0.2, 0.25) is 5.88 Å². The third kappa shape index (κ3) is 2.81. The van der Waals surface area contributed by atoms with Crippen LogP contribution in [0.1, 0.15) is 18.9 Å². The van der Waals surface area contributed by atoms with Crippen LogP contribution in [0.15, 0.2) is 35.1 Å². The van der Waals surface area contributed by atoms with Gasteiger partial charge in [0, 0.05) is 25.7 Å². The van der Waals surface area contributed by atoms with Gasteiger partial charge in [0.15, 0.2) is 0 Å². The lowest BCUT2D eigenvalue weighted by Crippen LogP contribution is -2.41. The van der Waals surface area contributed by atoms with Gasteiger partial charge in [-0.15, -0.1) is 0 Å². The van der Waals surface area contributed by atoms with Crippen LogP contribution in [0.3, 0.4) is 0 Å². The quantitative estimate of drug-likeness (QED) is 0.872. The second-order valence-corrected chi connectivity index (χ2v) is 5.55. The molecule has 0 saturated carbocycles. The highest BCUT2D eigenvalue weighted by molar-refractivity contribution is 5.43. The van der Waals surface area contributed by atoms with E-state index in [1.807, 2.05) is 7.05 Å². The van der Waals surface area contributed by atoms with Crippen molar-refractivity contribution in [3.8, 4) is 5.88 Å². The molecule has 0 amide bonds. The highest BCUT2D eigenvalue weighted by atomic mass is 19.1. The smallest absolute Gasteiger partial charge is 0.352 e. The van der Waals surface area contributed by atoms with Gasteiger partial charge < -0.3 is 9.64 Å². The molecule has 1 aromatic heterocycles. The minimum atomic E-state index is -0.301. The van der Waals surface area contributed by atoms with Crippen LogP contribution in [0.4, 0.5) is 10.2 Å². The molecule has 0 fully saturated rings. The maximum atomic E-state index is 12.9. The number of nitrogens with zero attached hydrogens (tertiary/aromatic N) is 3. The first-order valence-electron chi connectivity index (χ1n) is 7.26. The lowest BCUT2D eigenvalue weighted by molar-refractivity contribution is 0.289. The van der Waals surface area contributed by atoms with Gasteiger partial charge in [0.25, 0.3) is 0 Å². The molecule has 1 aliphatic heterocycles. The molecule has 0 aliphatic carbocycles.